The van der Waals surface area contributed by atoms with Gasteiger partial charge in [-0.25, -0.2) is 4.98 Å². The van der Waals surface area contributed by atoms with E-state index in [0.29, 0.717) is 5.03 Å². The van der Waals surface area contributed by atoms with Crippen molar-refractivity contribution in [2.75, 3.05) is 7.11 Å². The Morgan fingerprint density at radius 3 is 2.42 bits per heavy atom. The average Bonchev–Trinajstić information content (AvgIpc) is 3.04. The van der Waals surface area contributed by atoms with Crippen LogP contribution in [0.15, 0.2) is 72.1 Å². The molecule has 4 nitrogen and oxygen atoms in total. The van der Waals surface area contributed by atoms with Gasteiger partial charge in [0, 0.05) is 22.8 Å². The number of benzene rings is 2. The number of hydrogen-bond acceptors (Lipinski definition) is 4. The van der Waals surface area contributed by atoms with E-state index in [1.807, 2.05) is 47.0 Å². The number of methoxy groups -OCH3 is 1. The number of fused-ring (bicyclic) bond motifs is 1. The third-order valence-corrected chi connectivity index (χ3v) is 4.29. The molecule has 2 aromatic heterocycles. The maximum absolute atomic E-state index is 5.46. The minimum atomic E-state index is 0.561. The van der Waals surface area contributed by atoms with Gasteiger partial charge in [-0.2, -0.15) is 0 Å². The summed E-state index contributed by atoms with van der Waals surface area (Å²) in [6.45, 7) is 0. The van der Waals surface area contributed by atoms with E-state index in [9.17, 15) is 0 Å². The van der Waals surface area contributed by atoms with Crippen LogP contribution in [-0.4, -0.2) is 21.6 Å². The SMILES string of the molecule is COc1ccc(-n2cc(-c3ccccc3)c3c([S-])ncnc32)cc1. The number of nitrogens with zero attached hydrogens (tertiary/aromatic N) is 3. The predicted molar refractivity (Wildman–Crippen MR) is 96.5 cm³/mol. The number of ether oxygens (including phenoxy) is 1. The van der Waals surface area contributed by atoms with Gasteiger partial charge < -0.3 is 21.9 Å². The van der Waals surface area contributed by atoms with Gasteiger partial charge in [0.05, 0.1) is 7.11 Å². The number of hydrogen-bond donors (Lipinski definition) is 0. The summed E-state index contributed by atoms with van der Waals surface area (Å²) in [5.41, 5.74) is 3.93. The molecule has 0 aliphatic rings. The lowest BCUT2D eigenvalue weighted by Crippen LogP contribution is -1.95. The highest BCUT2D eigenvalue weighted by atomic mass is 32.1. The Labute approximate surface area is 145 Å². The van der Waals surface area contributed by atoms with E-state index in [1.54, 1.807) is 7.11 Å². The summed E-state index contributed by atoms with van der Waals surface area (Å²) >= 11 is 5.46. The lowest BCUT2D eigenvalue weighted by molar-refractivity contribution is 0.415. The molecule has 24 heavy (non-hydrogen) atoms. The molecule has 2 heterocycles. The van der Waals surface area contributed by atoms with Crippen LogP contribution in [0.4, 0.5) is 0 Å². The standard InChI is InChI=1S/C19H15N3OS/c1-23-15-9-7-14(8-10-15)22-11-16(13-5-3-2-4-6-13)17-18(22)20-12-21-19(17)24/h2-12H,1H3,(H,20,21,24)/p-1. The molecule has 0 saturated heterocycles. The molecule has 0 aliphatic carbocycles. The van der Waals surface area contributed by atoms with Crippen LogP contribution in [0.3, 0.4) is 0 Å². The third kappa shape index (κ3) is 2.39. The summed E-state index contributed by atoms with van der Waals surface area (Å²) in [6, 6.07) is 18.0. The van der Waals surface area contributed by atoms with E-state index in [0.717, 1.165) is 33.6 Å². The molecular weight excluding hydrogens is 318 g/mol. The van der Waals surface area contributed by atoms with Crippen LogP contribution < -0.4 is 4.74 Å². The van der Waals surface area contributed by atoms with E-state index in [1.165, 1.54) is 6.33 Å². The molecule has 0 radical (unpaired) electrons. The maximum atomic E-state index is 5.46. The van der Waals surface area contributed by atoms with E-state index >= 15 is 0 Å². The van der Waals surface area contributed by atoms with Crippen molar-refractivity contribution in [3.05, 3.63) is 67.1 Å². The van der Waals surface area contributed by atoms with Crippen molar-refractivity contribution in [2.45, 2.75) is 5.03 Å². The van der Waals surface area contributed by atoms with E-state index in [-0.39, 0.29) is 0 Å². The highest BCUT2D eigenvalue weighted by Gasteiger charge is 2.13. The fourth-order valence-corrected chi connectivity index (χ4v) is 3.06. The molecule has 5 heteroatoms. The molecule has 0 fully saturated rings. The summed E-state index contributed by atoms with van der Waals surface area (Å²) in [4.78, 5) is 8.66. The smallest absolute Gasteiger partial charge is 0.146 e. The Balaban J connectivity index is 1.98. The van der Waals surface area contributed by atoms with E-state index in [4.69, 9.17) is 17.4 Å². The molecule has 4 rings (SSSR count). The molecule has 0 bridgehead atoms. The Bertz CT molecular complexity index is 994. The van der Waals surface area contributed by atoms with Gasteiger partial charge in [-0.1, -0.05) is 35.4 Å². The van der Waals surface area contributed by atoms with Crippen LogP contribution in [0, 0.1) is 0 Å². The quantitative estimate of drug-likeness (QED) is 0.420. The monoisotopic (exact) mass is 332 g/mol. The van der Waals surface area contributed by atoms with Gasteiger partial charge in [-0.05, 0) is 29.8 Å². The van der Waals surface area contributed by atoms with Crippen molar-refractivity contribution < 1.29 is 4.74 Å². The molecule has 0 atom stereocenters. The summed E-state index contributed by atoms with van der Waals surface area (Å²) in [5, 5.41) is 1.46. The first-order valence-electron chi connectivity index (χ1n) is 7.51. The number of aromatic nitrogens is 3. The molecule has 0 unspecified atom stereocenters. The molecule has 0 aliphatic heterocycles. The molecule has 0 saturated carbocycles. The van der Waals surface area contributed by atoms with Crippen LogP contribution >= 0.6 is 0 Å². The third-order valence-electron chi connectivity index (χ3n) is 3.98. The second-order valence-corrected chi connectivity index (χ2v) is 5.74. The van der Waals surface area contributed by atoms with E-state index < -0.39 is 0 Å². The van der Waals surface area contributed by atoms with Crippen molar-refractivity contribution in [3.8, 4) is 22.6 Å². The summed E-state index contributed by atoms with van der Waals surface area (Å²) in [7, 11) is 1.66. The van der Waals surface area contributed by atoms with Crippen molar-refractivity contribution in [1.82, 2.24) is 14.5 Å². The van der Waals surface area contributed by atoms with Crippen LogP contribution in [0.25, 0.3) is 27.8 Å². The Morgan fingerprint density at radius 2 is 1.71 bits per heavy atom. The van der Waals surface area contributed by atoms with Crippen molar-refractivity contribution in [2.24, 2.45) is 0 Å². The zero-order valence-corrected chi connectivity index (χ0v) is 13.8. The predicted octanol–water partition coefficient (Wildman–Crippen LogP) is 4.00. The fourth-order valence-electron chi connectivity index (χ4n) is 2.81. The van der Waals surface area contributed by atoms with Crippen molar-refractivity contribution in [3.63, 3.8) is 0 Å². The molecule has 0 spiro atoms. The Morgan fingerprint density at radius 1 is 0.958 bits per heavy atom. The maximum Gasteiger partial charge on any atom is 0.146 e. The van der Waals surface area contributed by atoms with Crippen LogP contribution in [0.5, 0.6) is 5.75 Å². The second kappa shape index (κ2) is 5.94. The molecular formula is C19H14N3OS-. The van der Waals surface area contributed by atoms with E-state index in [2.05, 4.69) is 28.3 Å². The summed E-state index contributed by atoms with van der Waals surface area (Å²) < 4.78 is 7.27. The second-order valence-electron chi connectivity index (χ2n) is 5.35. The molecule has 118 valence electrons. The van der Waals surface area contributed by atoms with Gasteiger partial charge in [0.15, 0.2) is 0 Å². The van der Waals surface area contributed by atoms with Crippen LogP contribution in [0.2, 0.25) is 0 Å². The van der Waals surface area contributed by atoms with Crippen molar-refractivity contribution >= 4 is 23.7 Å². The highest BCUT2D eigenvalue weighted by Crippen LogP contribution is 2.33. The van der Waals surface area contributed by atoms with Crippen LogP contribution in [-0.2, 0) is 12.6 Å². The molecule has 2 aromatic carbocycles. The average molecular weight is 332 g/mol. The molecule has 0 amide bonds. The zero-order chi connectivity index (χ0) is 16.5. The van der Waals surface area contributed by atoms with Gasteiger partial charge >= 0.3 is 0 Å². The summed E-state index contributed by atoms with van der Waals surface area (Å²) in [5.74, 6) is 0.817. The van der Waals surface area contributed by atoms with Gasteiger partial charge in [0.1, 0.15) is 17.7 Å². The zero-order valence-electron chi connectivity index (χ0n) is 13.0. The first-order chi connectivity index (χ1) is 11.8. The first kappa shape index (κ1) is 14.7. The first-order valence-corrected chi connectivity index (χ1v) is 7.91. The summed E-state index contributed by atoms with van der Waals surface area (Å²) in [6.07, 6.45) is 3.58. The highest BCUT2D eigenvalue weighted by molar-refractivity contribution is 7.59. The largest absolute Gasteiger partial charge is 0.759 e. The lowest BCUT2D eigenvalue weighted by atomic mass is 10.1. The molecule has 0 N–H and O–H groups in total. The molecule has 4 aromatic rings. The lowest BCUT2D eigenvalue weighted by Gasteiger charge is -2.09. The number of rotatable bonds is 3. The Hall–Kier alpha value is -2.92. The topological polar surface area (TPSA) is 39.9 Å². The normalized spacial score (nSPS) is 10.9. The van der Waals surface area contributed by atoms with Crippen molar-refractivity contribution in [1.29, 1.82) is 0 Å². The van der Waals surface area contributed by atoms with Gasteiger partial charge in [0.25, 0.3) is 0 Å². The fraction of sp³-hybridized carbons (Fsp3) is 0.0526. The van der Waals surface area contributed by atoms with Gasteiger partial charge in [0.2, 0.25) is 0 Å². The van der Waals surface area contributed by atoms with Crippen LogP contribution in [0.1, 0.15) is 0 Å². The minimum absolute atomic E-state index is 0.561. The minimum Gasteiger partial charge on any atom is -0.759 e. The van der Waals surface area contributed by atoms with Gasteiger partial charge in [-0.15, -0.1) is 0 Å². The van der Waals surface area contributed by atoms with Gasteiger partial charge in [-0.3, -0.25) is 4.98 Å². The Kier molecular flexibility index (Phi) is 3.63.